The molecular formula is C22H16Cl2F3N3O2S2. The molecule has 1 atom stereocenters. The normalized spacial score (nSPS) is 19.7. The number of amides is 1. The molecule has 1 N–H and O–H groups in total. The Morgan fingerprint density at radius 3 is 2.62 bits per heavy atom. The number of alkyl halides is 3. The first-order chi connectivity index (χ1) is 16.1. The molecule has 3 aromatic rings. The van der Waals surface area contributed by atoms with Crippen LogP contribution >= 0.6 is 45.9 Å². The van der Waals surface area contributed by atoms with Crippen molar-refractivity contribution in [3.05, 3.63) is 77.6 Å². The van der Waals surface area contributed by atoms with E-state index in [9.17, 15) is 18.0 Å². The minimum absolute atomic E-state index is 0.0800. The molecule has 178 valence electrons. The number of fused-ring (bicyclic) bond motifs is 1. The molecule has 2 aromatic heterocycles. The summed E-state index contributed by atoms with van der Waals surface area (Å²) in [6.45, 7) is 1.15. The van der Waals surface area contributed by atoms with Crippen LogP contribution in [-0.4, -0.2) is 22.8 Å². The molecule has 2 aliphatic rings. The van der Waals surface area contributed by atoms with Crippen LogP contribution in [-0.2, 0) is 30.1 Å². The highest BCUT2D eigenvalue weighted by atomic mass is 35.5. The first-order valence-electron chi connectivity index (χ1n) is 10.1. The van der Waals surface area contributed by atoms with E-state index in [1.807, 2.05) is 17.5 Å². The molecule has 0 bridgehead atoms. The monoisotopic (exact) mass is 545 g/mol. The smallest absolute Gasteiger partial charge is 0.372 e. The number of amidine groups is 1. The van der Waals surface area contributed by atoms with Gasteiger partial charge in [-0.15, -0.1) is 22.7 Å². The average molecular weight is 546 g/mol. The van der Waals surface area contributed by atoms with E-state index in [1.54, 1.807) is 22.3 Å². The quantitative estimate of drug-likeness (QED) is 0.404. The predicted molar refractivity (Wildman–Crippen MR) is 126 cm³/mol. The number of oxime groups is 1. The van der Waals surface area contributed by atoms with Gasteiger partial charge in [0.15, 0.2) is 0 Å². The van der Waals surface area contributed by atoms with Crippen molar-refractivity contribution in [2.75, 3.05) is 0 Å². The van der Waals surface area contributed by atoms with Crippen LogP contribution in [0.4, 0.5) is 13.2 Å². The maximum absolute atomic E-state index is 14.2. The van der Waals surface area contributed by atoms with Gasteiger partial charge in [-0.25, -0.2) is 0 Å². The first kappa shape index (κ1) is 23.5. The molecule has 12 heteroatoms. The summed E-state index contributed by atoms with van der Waals surface area (Å²) in [7, 11) is 0. The number of carbonyl (C=O) groups excluding carboxylic acids is 1. The first-order valence-corrected chi connectivity index (χ1v) is 12.6. The third-order valence-electron chi connectivity index (χ3n) is 5.69. The molecule has 0 aliphatic carbocycles. The Hall–Kier alpha value is -2.27. The van der Waals surface area contributed by atoms with E-state index < -0.39 is 18.2 Å². The number of rotatable bonds is 4. The number of hydrogen-bond acceptors (Lipinski definition) is 6. The van der Waals surface area contributed by atoms with Crippen LogP contribution in [0.1, 0.15) is 37.0 Å². The number of benzene rings is 1. The highest BCUT2D eigenvalue weighted by Crippen LogP contribution is 2.50. The summed E-state index contributed by atoms with van der Waals surface area (Å²) in [5.74, 6) is 0.00957. The molecule has 0 fully saturated rings. The molecule has 0 saturated heterocycles. The fourth-order valence-corrected chi connectivity index (χ4v) is 6.25. The number of hydrogen-bond donors (Lipinski definition) is 1. The van der Waals surface area contributed by atoms with Gasteiger partial charge in [-0.2, -0.15) is 13.2 Å². The van der Waals surface area contributed by atoms with E-state index in [-0.39, 0.29) is 27.4 Å². The van der Waals surface area contributed by atoms with Crippen molar-refractivity contribution in [1.29, 1.82) is 0 Å². The summed E-state index contributed by atoms with van der Waals surface area (Å²) in [6, 6.07) is 9.40. The molecule has 2 aliphatic heterocycles. The standard InChI is InChI=1S/C22H16Cl2F3N3O2S2/c23-14-5-13(6-15(24)7-14)21(22(25,26)27)8-19(29-32-21)30-10-12-4-17(34-18(12)11-30)20(31)28-9-16-2-1-3-33-16/h1-7H,8-11H2,(H,28,31). The number of nitrogens with zero attached hydrogens (tertiary/aromatic N) is 2. The molecule has 0 spiro atoms. The van der Waals surface area contributed by atoms with Gasteiger partial charge in [-0.3, -0.25) is 4.79 Å². The van der Waals surface area contributed by atoms with Gasteiger partial charge >= 0.3 is 6.18 Å². The topological polar surface area (TPSA) is 53.9 Å². The number of nitrogens with one attached hydrogen (secondary N) is 1. The zero-order valence-corrected chi connectivity index (χ0v) is 20.4. The van der Waals surface area contributed by atoms with Gasteiger partial charge in [0, 0.05) is 31.9 Å². The van der Waals surface area contributed by atoms with E-state index in [1.165, 1.54) is 29.5 Å². The lowest BCUT2D eigenvalue weighted by molar-refractivity contribution is -0.275. The van der Waals surface area contributed by atoms with Gasteiger partial charge in [0.2, 0.25) is 0 Å². The van der Waals surface area contributed by atoms with Crippen LogP contribution in [0.5, 0.6) is 0 Å². The Morgan fingerprint density at radius 2 is 1.97 bits per heavy atom. The lowest BCUT2D eigenvalue weighted by Gasteiger charge is -2.30. The molecule has 0 radical (unpaired) electrons. The zero-order valence-electron chi connectivity index (χ0n) is 17.3. The lowest BCUT2D eigenvalue weighted by Crippen LogP contribution is -2.43. The van der Waals surface area contributed by atoms with Crippen LogP contribution in [0.3, 0.4) is 0 Å². The van der Waals surface area contributed by atoms with E-state index in [2.05, 4.69) is 10.5 Å². The lowest BCUT2D eigenvalue weighted by atomic mass is 9.89. The molecule has 1 amide bonds. The predicted octanol–water partition coefficient (Wildman–Crippen LogP) is 6.55. The summed E-state index contributed by atoms with van der Waals surface area (Å²) in [5.41, 5.74) is -1.97. The van der Waals surface area contributed by atoms with Crippen molar-refractivity contribution in [3.8, 4) is 0 Å². The Balaban J connectivity index is 1.29. The fraction of sp³-hybridized carbons (Fsp3) is 0.273. The van der Waals surface area contributed by atoms with Crippen LogP contribution in [0.25, 0.3) is 0 Å². The highest BCUT2D eigenvalue weighted by Gasteiger charge is 2.63. The summed E-state index contributed by atoms with van der Waals surface area (Å²) in [5, 5.41) is 8.81. The van der Waals surface area contributed by atoms with Crippen LogP contribution in [0.2, 0.25) is 10.0 Å². The number of thiophene rings is 2. The molecule has 1 unspecified atom stereocenters. The molecule has 34 heavy (non-hydrogen) atoms. The summed E-state index contributed by atoms with van der Waals surface area (Å²) in [4.78, 5) is 21.8. The Bertz CT molecular complexity index is 1230. The van der Waals surface area contributed by atoms with Crippen molar-refractivity contribution in [1.82, 2.24) is 10.2 Å². The number of halogens is 5. The molecule has 5 nitrogen and oxygen atoms in total. The molecular weight excluding hydrogens is 530 g/mol. The van der Waals surface area contributed by atoms with Crippen LogP contribution < -0.4 is 5.32 Å². The van der Waals surface area contributed by atoms with Crippen LogP contribution in [0, 0.1) is 0 Å². The van der Waals surface area contributed by atoms with Gasteiger partial charge in [0.1, 0.15) is 5.84 Å². The Morgan fingerprint density at radius 1 is 1.21 bits per heavy atom. The van der Waals surface area contributed by atoms with E-state index >= 15 is 0 Å². The van der Waals surface area contributed by atoms with E-state index in [4.69, 9.17) is 28.0 Å². The maximum atomic E-state index is 14.2. The highest BCUT2D eigenvalue weighted by molar-refractivity contribution is 7.14. The minimum atomic E-state index is -4.75. The number of carbonyl (C=O) groups is 1. The maximum Gasteiger partial charge on any atom is 0.435 e. The van der Waals surface area contributed by atoms with E-state index in [0.29, 0.717) is 24.5 Å². The van der Waals surface area contributed by atoms with Crippen molar-refractivity contribution in [3.63, 3.8) is 0 Å². The van der Waals surface area contributed by atoms with Crippen LogP contribution in [0.15, 0.2) is 46.9 Å². The van der Waals surface area contributed by atoms with Gasteiger partial charge in [-0.1, -0.05) is 34.4 Å². The van der Waals surface area contributed by atoms with E-state index in [0.717, 1.165) is 15.3 Å². The van der Waals surface area contributed by atoms with Gasteiger partial charge in [0.05, 0.1) is 24.4 Å². The minimum Gasteiger partial charge on any atom is -0.372 e. The molecule has 0 saturated carbocycles. The second-order valence-corrected chi connectivity index (χ2v) is 11.0. The summed E-state index contributed by atoms with van der Waals surface area (Å²) < 4.78 is 42.6. The Labute approximate surface area is 210 Å². The molecule has 4 heterocycles. The summed E-state index contributed by atoms with van der Waals surface area (Å²) >= 11 is 14.8. The van der Waals surface area contributed by atoms with Crippen molar-refractivity contribution < 1.29 is 22.8 Å². The fourth-order valence-electron chi connectivity index (χ4n) is 3.98. The third kappa shape index (κ3) is 4.28. The van der Waals surface area contributed by atoms with Gasteiger partial charge in [-0.05, 0) is 41.3 Å². The van der Waals surface area contributed by atoms with Crippen molar-refractivity contribution in [2.24, 2.45) is 5.16 Å². The molecule has 5 rings (SSSR count). The van der Waals surface area contributed by atoms with Crippen molar-refractivity contribution in [2.45, 2.75) is 37.8 Å². The average Bonchev–Trinajstić information content (AvgIpc) is 3.53. The largest absolute Gasteiger partial charge is 0.435 e. The second kappa shape index (κ2) is 8.75. The second-order valence-electron chi connectivity index (χ2n) is 7.94. The Kier molecular flexibility index (Phi) is 6.04. The van der Waals surface area contributed by atoms with Crippen molar-refractivity contribution >= 4 is 57.6 Å². The third-order valence-corrected chi connectivity index (χ3v) is 8.16. The molecule has 1 aromatic carbocycles. The van der Waals surface area contributed by atoms with Gasteiger partial charge < -0.3 is 15.1 Å². The SMILES string of the molecule is O=C(NCc1cccs1)c1cc2c(s1)CN(C1=NOC(c3cc(Cl)cc(Cl)c3)(C(F)(F)F)C1)C2. The summed E-state index contributed by atoms with van der Waals surface area (Å²) in [6.07, 6.45) is -5.25. The zero-order chi connectivity index (χ0) is 24.1. The van der Waals surface area contributed by atoms with Gasteiger partial charge in [0.25, 0.3) is 11.5 Å².